The lowest BCUT2D eigenvalue weighted by Gasteiger charge is -2.05. The molecule has 6 nitrogen and oxygen atoms in total. The highest BCUT2D eigenvalue weighted by molar-refractivity contribution is 7.19. The number of nitrogens with one attached hydrogen (secondary N) is 1. The van der Waals surface area contributed by atoms with Gasteiger partial charge in [0, 0.05) is 12.6 Å². The first-order valence-electron chi connectivity index (χ1n) is 8.01. The third-order valence-corrected chi connectivity index (χ3v) is 4.71. The van der Waals surface area contributed by atoms with Gasteiger partial charge in [0.2, 0.25) is 0 Å². The predicted molar refractivity (Wildman–Crippen MR) is 99.0 cm³/mol. The van der Waals surface area contributed by atoms with Gasteiger partial charge in [-0.1, -0.05) is 48.6 Å². The molecule has 0 aliphatic rings. The van der Waals surface area contributed by atoms with Crippen molar-refractivity contribution in [3.63, 3.8) is 0 Å². The lowest BCUT2D eigenvalue weighted by atomic mass is 10.2. The molecule has 3 aromatic rings. The number of anilines is 1. The number of aryl methyl sites for hydroxylation is 2. The first-order valence-corrected chi connectivity index (χ1v) is 8.82. The zero-order chi connectivity index (χ0) is 17.8. The second-order valence-electron chi connectivity index (χ2n) is 5.53. The fourth-order valence-corrected chi connectivity index (χ4v) is 3.38. The normalized spacial score (nSPS) is 10.6. The second-order valence-corrected chi connectivity index (χ2v) is 6.53. The van der Waals surface area contributed by atoms with Gasteiger partial charge in [-0.05, 0) is 25.0 Å². The number of hydrogen-bond donors (Lipinski definition) is 1. The van der Waals surface area contributed by atoms with E-state index in [1.807, 2.05) is 44.2 Å². The lowest BCUT2D eigenvalue weighted by molar-refractivity contribution is 0.101. The molecule has 0 bridgehead atoms. The molecule has 3 rings (SSSR count). The molecule has 0 aliphatic heterocycles. The fraction of sp³-hybridized carbons (Fsp3) is 0.222. The minimum absolute atomic E-state index is 0.196. The molecular weight excluding hydrogens is 336 g/mol. The van der Waals surface area contributed by atoms with Crippen molar-refractivity contribution in [1.29, 1.82) is 0 Å². The van der Waals surface area contributed by atoms with Crippen LogP contribution in [0.15, 0.2) is 47.3 Å². The standard InChI is InChI=1S/C18H18N4O2S/c1-3-11-22-15(23)10-9-14(21-22)17(24)20-18-19-12(2)16(25-18)13-7-5-4-6-8-13/h4-10H,3,11H2,1-2H3,(H,19,20,24). The summed E-state index contributed by atoms with van der Waals surface area (Å²) in [6, 6.07) is 12.7. The van der Waals surface area contributed by atoms with Gasteiger partial charge in [-0.3, -0.25) is 14.9 Å². The van der Waals surface area contributed by atoms with Crippen LogP contribution >= 0.6 is 11.3 Å². The van der Waals surface area contributed by atoms with E-state index >= 15 is 0 Å². The van der Waals surface area contributed by atoms with E-state index in [0.29, 0.717) is 11.7 Å². The Morgan fingerprint density at radius 1 is 1.20 bits per heavy atom. The molecule has 0 atom stereocenters. The molecule has 0 spiro atoms. The average molecular weight is 354 g/mol. The number of carbonyl (C=O) groups is 1. The summed E-state index contributed by atoms with van der Waals surface area (Å²) >= 11 is 1.41. The maximum absolute atomic E-state index is 12.4. The van der Waals surface area contributed by atoms with Gasteiger partial charge in [0.1, 0.15) is 5.69 Å². The summed E-state index contributed by atoms with van der Waals surface area (Å²) in [4.78, 5) is 29.6. The molecule has 0 saturated heterocycles. The highest BCUT2D eigenvalue weighted by atomic mass is 32.1. The van der Waals surface area contributed by atoms with Crippen LogP contribution in [0.2, 0.25) is 0 Å². The Bertz CT molecular complexity index is 947. The van der Waals surface area contributed by atoms with E-state index in [9.17, 15) is 9.59 Å². The molecule has 25 heavy (non-hydrogen) atoms. The van der Waals surface area contributed by atoms with Crippen molar-refractivity contribution in [3.8, 4) is 10.4 Å². The molecular formula is C18H18N4O2S. The molecule has 0 unspecified atom stereocenters. The minimum atomic E-state index is -0.377. The van der Waals surface area contributed by atoms with Crippen LogP contribution in [0.4, 0.5) is 5.13 Å². The van der Waals surface area contributed by atoms with Gasteiger partial charge in [0.25, 0.3) is 11.5 Å². The predicted octanol–water partition coefficient (Wildman–Crippen LogP) is 3.34. The Kier molecular flexibility index (Phi) is 5.04. The van der Waals surface area contributed by atoms with E-state index in [1.54, 1.807) is 0 Å². The van der Waals surface area contributed by atoms with Crippen molar-refractivity contribution in [2.45, 2.75) is 26.8 Å². The van der Waals surface area contributed by atoms with Gasteiger partial charge in [0.15, 0.2) is 5.13 Å². The van der Waals surface area contributed by atoms with Crippen molar-refractivity contribution in [1.82, 2.24) is 14.8 Å². The number of amides is 1. The maximum Gasteiger partial charge on any atom is 0.277 e. The molecule has 0 aliphatic carbocycles. The number of thiazole rings is 1. The van der Waals surface area contributed by atoms with Gasteiger partial charge < -0.3 is 0 Å². The molecule has 7 heteroatoms. The molecule has 128 valence electrons. The zero-order valence-corrected chi connectivity index (χ0v) is 14.8. The van der Waals surface area contributed by atoms with Crippen LogP contribution in [0.25, 0.3) is 10.4 Å². The van der Waals surface area contributed by atoms with Crippen LogP contribution in [0.5, 0.6) is 0 Å². The van der Waals surface area contributed by atoms with E-state index in [4.69, 9.17) is 0 Å². The monoisotopic (exact) mass is 354 g/mol. The molecule has 0 fully saturated rings. The van der Waals surface area contributed by atoms with Crippen LogP contribution < -0.4 is 10.9 Å². The zero-order valence-electron chi connectivity index (χ0n) is 14.0. The summed E-state index contributed by atoms with van der Waals surface area (Å²) in [5, 5.41) is 7.39. The number of benzene rings is 1. The van der Waals surface area contributed by atoms with Crippen LogP contribution in [-0.2, 0) is 6.54 Å². The molecule has 0 saturated carbocycles. The summed E-state index contributed by atoms with van der Waals surface area (Å²) < 4.78 is 1.30. The molecule has 1 N–H and O–H groups in total. The number of hydrogen-bond acceptors (Lipinski definition) is 5. The van der Waals surface area contributed by atoms with Crippen LogP contribution in [0, 0.1) is 6.92 Å². The van der Waals surface area contributed by atoms with Crippen molar-refractivity contribution in [2.24, 2.45) is 0 Å². The van der Waals surface area contributed by atoms with Gasteiger partial charge in [0.05, 0.1) is 10.6 Å². The average Bonchev–Trinajstić information content (AvgIpc) is 2.98. The van der Waals surface area contributed by atoms with Gasteiger partial charge in [-0.15, -0.1) is 0 Å². The van der Waals surface area contributed by atoms with E-state index < -0.39 is 0 Å². The van der Waals surface area contributed by atoms with Gasteiger partial charge in [-0.2, -0.15) is 5.10 Å². The number of aromatic nitrogens is 3. The third-order valence-electron chi connectivity index (χ3n) is 3.59. The van der Waals surface area contributed by atoms with Crippen molar-refractivity contribution < 1.29 is 4.79 Å². The smallest absolute Gasteiger partial charge is 0.277 e. The van der Waals surface area contributed by atoms with Crippen LogP contribution in [0.3, 0.4) is 0 Å². The van der Waals surface area contributed by atoms with E-state index in [-0.39, 0.29) is 17.2 Å². The number of nitrogens with zero attached hydrogens (tertiary/aromatic N) is 3. The second kappa shape index (κ2) is 7.40. The molecule has 2 heterocycles. The Balaban J connectivity index is 1.82. The Labute approximate surface area is 149 Å². The number of rotatable bonds is 5. The summed E-state index contributed by atoms with van der Waals surface area (Å²) in [6.07, 6.45) is 0.768. The first-order chi connectivity index (χ1) is 12.1. The molecule has 1 aromatic carbocycles. The summed E-state index contributed by atoms with van der Waals surface area (Å²) in [5.74, 6) is -0.377. The van der Waals surface area contributed by atoms with E-state index in [0.717, 1.165) is 22.6 Å². The fourth-order valence-electron chi connectivity index (χ4n) is 2.41. The summed E-state index contributed by atoms with van der Waals surface area (Å²) in [6.45, 7) is 4.34. The maximum atomic E-state index is 12.4. The van der Waals surface area contributed by atoms with Crippen molar-refractivity contribution in [3.05, 3.63) is 64.2 Å². The third kappa shape index (κ3) is 3.83. The van der Waals surface area contributed by atoms with Crippen LogP contribution in [-0.4, -0.2) is 20.7 Å². The first kappa shape index (κ1) is 17.0. The minimum Gasteiger partial charge on any atom is -0.296 e. The Morgan fingerprint density at radius 2 is 1.96 bits per heavy atom. The Morgan fingerprint density at radius 3 is 2.68 bits per heavy atom. The van der Waals surface area contributed by atoms with Crippen molar-refractivity contribution >= 4 is 22.4 Å². The van der Waals surface area contributed by atoms with Gasteiger partial charge in [-0.25, -0.2) is 9.67 Å². The van der Waals surface area contributed by atoms with E-state index in [1.165, 1.54) is 28.2 Å². The van der Waals surface area contributed by atoms with Crippen molar-refractivity contribution in [2.75, 3.05) is 5.32 Å². The highest BCUT2D eigenvalue weighted by Crippen LogP contribution is 2.32. The largest absolute Gasteiger partial charge is 0.296 e. The topological polar surface area (TPSA) is 76.9 Å². The highest BCUT2D eigenvalue weighted by Gasteiger charge is 2.14. The van der Waals surface area contributed by atoms with E-state index in [2.05, 4.69) is 15.4 Å². The summed E-state index contributed by atoms with van der Waals surface area (Å²) in [7, 11) is 0. The Hall–Kier alpha value is -2.80. The molecule has 2 aromatic heterocycles. The lowest BCUT2D eigenvalue weighted by Crippen LogP contribution is -2.26. The summed E-state index contributed by atoms with van der Waals surface area (Å²) in [5.41, 5.74) is 1.90. The number of carbonyl (C=O) groups excluding carboxylic acids is 1. The SMILES string of the molecule is CCCn1nc(C(=O)Nc2nc(C)c(-c3ccccc3)s2)ccc1=O. The molecule has 1 amide bonds. The van der Waals surface area contributed by atoms with Gasteiger partial charge >= 0.3 is 0 Å². The molecule has 0 radical (unpaired) electrons. The quantitative estimate of drug-likeness (QED) is 0.762. The van der Waals surface area contributed by atoms with Crippen LogP contribution in [0.1, 0.15) is 29.5 Å².